The number of benzene rings is 1. The first-order valence-electron chi connectivity index (χ1n) is 9.82. The Labute approximate surface area is 151 Å². The summed E-state index contributed by atoms with van der Waals surface area (Å²) in [5.41, 5.74) is -1.37. The van der Waals surface area contributed by atoms with Crippen LogP contribution in [0.3, 0.4) is 0 Å². The van der Waals surface area contributed by atoms with E-state index in [0.29, 0.717) is 24.7 Å². The van der Waals surface area contributed by atoms with Crippen LogP contribution in [0.15, 0.2) is 18.2 Å². The minimum Gasteiger partial charge on any atom is -0.237 e. The van der Waals surface area contributed by atoms with Crippen molar-refractivity contribution in [3.63, 3.8) is 0 Å². The van der Waals surface area contributed by atoms with E-state index in [4.69, 9.17) is 0 Å². The molecule has 3 fully saturated rings. The highest BCUT2D eigenvalue weighted by Crippen LogP contribution is 2.63. The van der Waals surface area contributed by atoms with Crippen molar-refractivity contribution in [3.05, 3.63) is 35.4 Å². The molecule has 0 heterocycles. The highest BCUT2D eigenvalue weighted by molar-refractivity contribution is 5.22. The smallest absolute Gasteiger partial charge is 0.237 e. The Hall–Kier alpha value is -1.13. The summed E-state index contributed by atoms with van der Waals surface area (Å²) in [4.78, 5) is 0. The second-order valence-corrected chi connectivity index (χ2v) is 8.64. The van der Waals surface area contributed by atoms with Gasteiger partial charge in [-0.3, -0.25) is 0 Å². The normalized spacial score (nSPS) is 39.6. The van der Waals surface area contributed by atoms with Gasteiger partial charge in [0.05, 0.1) is 6.42 Å². The average Bonchev–Trinajstić information content (AvgIpc) is 3.17. The highest BCUT2D eigenvalue weighted by Gasteiger charge is 2.75. The van der Waals surface area contributed by atoms with Gasteiger partial charge in [0, 0.05) is 0 Å². The molecule has 26 heavy (non-hydrogen) atoms. The van der Waals surface area contributed by atoms with Crippen molar-refractivity contribution < 1.29 is 22.0 Å². The van der Waals surface area contributed by atoms with Crippen molar-refractivity contribution >= 4 is 0 Å². The molecule has 0 saturated heterocycles. The molecule has 3 aliphatic rings. The first kappa shape index (κ1) is 18.2. The molecular formula is C21H25F5. The van der Waals surface area contributed by atoms with Crippen LogP contribution in [0, 0.1) is 29.4 Å². The van der Waals surface area contributed by atoms with E-state index in [0.717, 1.165) is 44.1 Å². The Morgan fingerprint density at radius 3 is 1.77 bits per heavy atom. The van der Waals surface area contributed by atoms with E-state index in [9.17, 15) is 22.0 Å². The van der Waals surface area contributed by atoms with Crippen molar-refractivity contribution in [2.75, 3.05) is 0 Å². The summed E-state index contributed by atoms with van der Waals surface area (Å²) >= 11 is 0. The summed E-state index contributed by atoms with van der Waals surface area (Å²) in [6.45, 7) is 0. The number of halogens is 5. The molecule has 1 unspecified atom stereocenters. The third-order valence-electron chi connectivity index (χ3n) is 7.23. The molecule has 0 nitrogen and oxygen atoms in total. The molecule has 3 saturated carbocycles. The number of alkyl halides is 3. The predicted molar refractivity (Wildman–Crippen MR) is 89.9 cm³/mol. The first-order chi connectivity index (χ1) is 12.3. The van der Waals surface area contributed by atoms with Crippen molar-refractivity contribution in [1.29, 1.82) is 0 Å². The van der Waals surface area contributed by atoms with Gasteiger partial charge in [-0.1, -0.05) is 6.07 Å². The maximum Gasteiger partial charge on any atom is 0.285 e. The Balaban J connectivity index is 1.29. The minimum absolute atomic E-state index is 0.261. The zero-order valence-corrected chi connectivity index (χ0v) is 14.8. The summed E-state index contributed by atoms with van der Waals surface area (Å²) in [6.07, 6.45) is 6.17. The molecule has 0 radical (unpaired) electrons. The van der Waals surface area contributed by atoms with Crippen molar-refractivity contribution in [3.8, 4) is 0 Å². The van der Waals surface area contributed by atoms with Gasteiger partial charge in [0.25, 0.3) is 5.92 Å². The van der Waals surface area contributed by atoms with E-state index in [-0.39, 0.29) is 5.92 Å². The summed E-state index contributed by atoms with van der Waals surface area (Å²) in [7, 11) is 0. The molecule has 0 N–H and O–H groups in total. The van der Waals surface area contributed by atoms with Gasteiger partial charge in [-0.05, 0) is 92.7 Å². The van der Waals surface area contributed by atoms with Gasteiger partial charge < -0.3 is 0 Å². The van der Waals surface area contributed by atoms with Crippen LogP contribution in [0.5, 0.6) is 0 Å². The Kier molecular flexibility index (Phi) is 4.55. The van der Waals surface area contributed by atoms with E-state index in [1.165, 1.54) is 12.1 Å². The molecule has 5 heteroatoms. The monoisotopic (exact) mass is 372 g/mol. The van der Waals surface area contributed by atoms with Gasteiger partial charge in [0.15, 0.2) is 17.3 Å². The fourth-order valence-corrected chi connectivity index (χ4v) is 5.46. The molecular weight excluding hydrogens is 347 g/mol. The van der Waals surface area contributed by atoms with Crippen LogP contribution in [0.25, 0.3) is 0 Å². The lowest BCUT2D eigenvalue weighted by Crippen LogP contribution is -2.32. The van der Waals surface area contributed by atoms with E-state index in [2.05, 4.69) is 0 Å². The zero-order valence-electron chi connectivity index (χ0n) is 14.8. The van der Waals surface area contributed by atoms with Crippen LogP contribution in [0.4, 0.5) is 22.0 Å². The van der Waals surface area contributed by atoms with Crippen LogP contribution in [-0.4, -0.2) is 11.6 Å². The number of rotatable bonds is 3. The lowest BCUT2D eigenvalue weighted by Gasteiger charge is -2.38. The molecule has 144 valence electrons. The van der Waals surface area contributed by atoms with Crippen LogP contribution >= 0.6 is 0 Å². The van der Waals surface area contributed by atoms with Gasteiger partial charge >= 0.3 is 0 Å². The van der Waals surface area contributed by atoms with Gasteiger partial charge in [-0.15, -0.1) is 0 Å². The lowest BCUT2D eigenvalue weighted by atomic mass is 9.67. The summed E-state index contributed by atoms with van der Waals surface area (Å²) in [5, 5.41) is 0. The molecule has 1 aromatic rings. The lowest BCUT2D eigenvalue weighted by molar-refractivity contribution is -0.00358. The number of hydrogen-bond donors (Lipinski definition) is 0. The average molecular weight is 372 g/mol. The quantitative estimate of drug-likeness (QED) is 0.512. The minimum atomic E-state index is -3.10. The molecule has 0 bridgehead atoms. The summed E-state index contributed by atoms with van der Waals surface area (Å²) in [5.74, 6) is -3.89. The molecule has 1 atom stereocenters. The van der Waals surface area contributed by atoms with E-state index in [1.54, 1.807) is 6.07 Å². The molecule has 0 aliphatic heterocycles. The van der Waals surface area contributed by atoms with Crippen molar-refractivity contribution in [1.82, 2.24) is 0 Å². The highest BCUT2D eigenvalue weighted by atomic mass is 19.3. The predicted octanol–water partition coefficient (Wildman–Crippen LogP) is 6.79. The Bertz CT molecular complexity index is 656. The molecule has 4 rings (SSSR count). The third kappa shape index (κ3) is 3.16. The SMILES string of the molecule is Fc1ccc(C2CCC(C3CCC(C4(F)CC4(F)F)CC3)CC2)cc1F. The van der Waals surface area contributed by atoms with Crippen LogP contribution < -0.4 is 0 Å². The largest absolute Gasteiger partial charge is 0.285 e. The molecule has 1 aromatic carbocycles. The first-order valence-corrected chi connectivity index (χ1v) is 9.82. The maximum atomic E-state index is 14.2. The molecule has 0 aromatic heterocycles. The molecule has 0 amide bonds. The van der Waals surface area contributed by atoms with Crippen LogP contribution in [-0.2, 0) is 0 Å². The Morgan fingerprint density at radius 1 is 0.731 bits per heavy atom. The fourth-order valence-electron chi connectivity index (χ4n) is 5.46. The van der Waals surface area contributed by atoms with Crippen LogP contribution in [0.1, 0.15) is 69.3 Å². The van der Waals surface area contributed by atoms with Crippen molar-refractivity contribution in [2.45, 2.75) is 75.3 Å². The van der Waals surface area contributed by atoms with E-state index < -0.39 is 35.6 Å². The van der Waals surface area contributed by atoms with Gasteiger partial charge in [-0.25, -0.2) is 22.0 Å². The Morgan fingerprint density at radius 2 is 1.27 bits per heavy atom. The topological polar surface area (TPSA) is 0 Å². The van der Waals surface area contributed by atoms with E-state index in [1.807, 2.05) is 0 Å². The second kappa shape index (κ2) is 6.49. The summed E-state index contributed by atoms with van der Waals surface area (Å²) in [6, 6.07) is 4.17. The zero-order chi connectivity index (χ0) is 18.5. The fraction of sp³-hybridized carbons (Fsp3) is 0.714. The second-order valence-electron chi connectivity index (χ2n) is 8.64. The molecule has 0 spiro atoms. The maximum absolute atomic E-state index is 14.2. The third-order valence-corrected chi connectivity index (χ3v) is 7.23. The van der Waals surface area contributed by atoms with Crippen molar-refractivity contribution in [2.24, 2.45) is 17.8 Å². The standard InChI is InChI=1S/C21H25F5/c22-18-10-7-16(11-19(18)23)15-3-1-13(2-4-15)14-5-8-17(9-6-14)20(24)12-21(20,25)26/h7,10-11,13-15,17H,1-6,8-9,12H2. The van der Waals surface area contributed by atoms with Crippen LogP contribution in [0.2, 0.25) is 0 Å². The summed E-state index contributed by atoms with van der Waals surface area (Å²) < 4.78 is 67.2. The van der Waals surface area contributed by atoms with Gasteiger partial charge in [0.2, 0.25) is 0 Å². The van der Waals surface area contributed by atoms with Gasteiger partial charge in [0.1, 0.15) is 0 Å². The number of hydrogen-bond acceptors (Lipinski definition) is 0. The van der Waals surface area contributed by atoms with E-state index >= 15 is 0 Å². The van der Waals surface area contributed by atoms with Gasteiger partial charge in [-0.2, -0.15) is 0 Å². The molecule has 3 aliphatic carbocycles.